The lowest BCUT2D eigenvalue weighted by Gasteiger charge is -1.31. The highest BCUT2D eigenvalue weighted by Gasteiger charge is 1.34. The van der Waals surface area contributed by atoms with Gasteiger partial charge in [-0.2, -0.15) is 15.2 Å². The largest absolute Gasteiger partial charge is 0.193 e. The molecule has 28 valence electrons. The molecule has 0 heterocycles. The van der Waals surface area contributed by atoms with E-state index in [1.165, 1.54) is 6.08 Å². The lowest BCUT2D eigenvalue weighted by atomic mass is 10.8. The predicted molar refractivity (Wildman–Crippen MR) is 26.9 cm³/mol. The molecule has 1 unspecified atom stereocenters. The summed E-state index contributed by atoms with van der Waals surface area (Å²) in [5.74, 6) is 0. The third kappa shape index (κ3) is 23.2. The molecular weight excluding hydrogens is 81.0 g/mol. The molecule has 5 heavy (non-hydrogen) atoms. The molecule has 0 aromatic carbocycles. The number of hydrogen-bond acceptors (Lipinski definition) is 1. The van der Waals surface area contributed by atoms with Crippen molar-refractivity contribution in [1.82, 2.24) is 0 Å². The van der Waals surface area contributed by atoms with Crippen molar-refractivity contribution < 1.29 is 0 Å². The van der Waals surface area contributed by atoms with Crippen LogP contribution in [0.3, 0.4) is 0 Å². The van der Waals surface area contributed by atoms with Crippen molar-refractivity contribution in [3.63, 3.8) is 0 Å². The summed E-state index contributed by atoms with van der Waals surface area (Å²) in [6, 6.07) is 1.69. The van der Waals surface area contributed by atoms with Crippen molar-refractivity contribution in [3.8, 4) is 6.07 Å². The van der Waals surface area contributed by atoms with Crippen LogP contribution in [-0.4, -0.2) is 0 Å². The molecule has 0 saturated carbocycles. The quantitative estimate of drug-likeness (QED) is 0.316. The second-order valence-corrected chi connectivity index (χ2v) is 0.333. The molecule has 0 amide bonds. The van der Waals surface area contributed by atoms with E-state index < -0.39 is 0 Å². The zero-order valence-corrected chi connectivity index (χ0v) is 4.35. The average molecular weight is 87.1 g/mol. The van der Waals surface area contributed by atoms with Crippen LogP contribution < -0.4 is 0 Å². The molecule has 0 fully saturated rings. The maximum Gasteiger partial charge on any atom is 0.0905 e. The normalized spacial score (nSPS) is 3.00. The molecule has 0 bridgehead atoms. The van der Waals surface area contributed by atoms with Crippen LogP contribution in [0.2, 0.25) is 0 Å². The van der Waals surface area contributed by atoms with E-state index in [0.717, 1.165) is 0 Å². The second-order valence-electron chi connectivity index (χ2n) is 0.333. The first kappa shape index (κ1) is 8.82. The van der Waals surface area contributed by atoms with Gasteiger partial charge in [0, 0.05) is 6.08 Å². The van der Waals surface area contributed by atoms with Gasteiger partial charge in [0.1, 0.15) is 0 Å². The SMILES string of the molecule is C=CC#N.P. The van der Waals surface area contributed by atoms with E-state index >= 15 is 0 Å². The Bertz CT molecular complexity index is 52.4. The van der Waals surface area contributed by atoms with Crippen LogP contribution in [0.4, 0.5) is 0 Å². The summed E-state index contributed by atoms with van der Waals surface area (Å²) in [7, 11) is 0. The standard InChI is InChI=1S/C3H3N.H3P/c1-2-3-4;/h2H,1H2;1H3. The maximum absolute atomic E-state index is 7.51. The number of rotatable bonds is 0. The Balaban J connectivity index is 0. The van der Waals surface area contributed by atoms with E-state index in [1.807, 2.05) is 0 Å². The summed E-state index contributed by atoms with van der Waals surface area (Å²) in [6.45, 7) is 3.12. The molecule has 0 N–H and O–H groups in total. The van der Waals surface area contributed by atoms with Gasteiger partial charge >= 0.3 is 0 Å². The fourth-order valence-corrected chi connectivity index (χ4v) is 0. The molecular formula is C3H6NP. The van der Waals surface area contributed by atoms with Gasteiger partial charge in [-0.05, 0) is 0 Å². The molecule has 1 atom stereocenters. The maximum atomic E-state index is 7.51. The molecule has 0 spiro atoms. The van der Waals surface area contributed by atoms with Crippen LogP contribution in [0.15, 0.2) is 12.7 Å². The van der Waals surface area contributed by atoms with Crippen molar-refractivity contribution in [1.29, 1.82) is 5.26 Å². The molecule has 0 saturated heterocycles. The Labute approximate surface area is 34.9 Å². The summed E-state index contributed by atoms with van der Waals surface area (Å²) < 4.78 is 0. The fourth-order valence-electron chi connectivity index (χ4n) is 0. The summed E-state index contributed by atoms with van der Waals surface area (Å²) >= 11 is 0. The molecule has 2 heteroatoms. The first-order valence-corrected chi connectivity index (χ1v) is 0.921. The summed E-state index contributed by atoms with van der Waals surface area (Å²) in [4.78, 5) is 0. The average Bonchev–Trinajstić information content (AvgIpc) is 1.37. The van der Waals surface area contributed by atoms with Gasteiger partial charge in [0.05, 0.1) is 6.07 Å². The second kappa shape index (κ2) is 9.40. The van der Waals surface area contributed by atoms with E-state index in [2.05, 4.69) is 6.58 Å². The Morgan fingerprint density at radius 2 is 2.00 bits per heavy atom. The van der Waals surface area contributed by atoms with E-state index in [1.54, 1.807) is 6.07 Å². The van der Waals surface area contributed by atoms with Crippen LogP contribution in [-0.2, 0) is 0 Å². The van der Waals surface area contributed by atoms with Crippen molar-refractivity contribution >= 4 is 9.90 Å². The predicted octanol–water partition coefficient (Wildman–Crippen LogP) is 0.754. The van der Waals surface area contributed by atoms with Crippen LogP contribution in [0.25, 0.3) is 0 Å². The van der Waals surface area contributed by atoms with E-state index in [4.69, 9.17) is 5.26 Å². The lowest BCUT2D eigenvalue weighted by Crippen LogP contribution is -1.23. The number of nitrogens with zero attached hydrogens (tertiary/aromatic N) is 1. The Morgan fingerprint density at radius 3 is 2.00 bits per heavy atom. The van der Waals surface area contributed by atoms with E-state index in [-0.39, 0.29) is 9.90 Å². The minimum absolute atomic E-state index is 0. The minimum Gasteiger partial charge on any atom is -0.193 e. The third-order valence-corrected chi connectivity index (χ3v) is 0.0913. The Morgan fingerprint density at radius 1 is 1.80 bits per heavy atom. The molecule has 0 aromatic heterocycles. The van der Waals surface area contributed by atoms with Crippen molar-refractivity contribution in [3.05, 3.63) is 12.7 Å². The molecule has 1 nitrogen and oxygen atoms in total. The van der Waals surface area contributed by atoms with Gasteiger partial charge in [-0.1, -0.05) is 6.58 Å². The van der Waals surface area contributed by atoms with E-state index in [9.17, 15) is 0 Å². The monoisotopic (exact) mass is 87.0 g/mol. The lowest BCUT2D eigenvalue weighted by molar-refractivity contribution is 1.54. The zero-order valence-electron chi connectivity index (χ0n) is 2.94. The van der Waals surface area contributed by atoms with Crippen LogP contribution in [0.5, 0.6) is 0 Å². The molecule has 0 radical (unpaired) electrons. The highest BCUT2D eigenvalue weighted by molar-refractivity contribution is 6.92. The van der Waals surface area contributed by atoms with Gasteiger partial charge in [0.25, 0.3) is 0 Å². The summed E-state index contributed by atoms with van der Waals surface area (Å²) in [5.41, 5.74) is 0. The molecule has 0 aromatic rings. The van der Waals surface area contributed by atoms with Crippen LogP contribution in [0, 0.1) is 11.3 Å². The molecule has 0 aliphatic rings. The first-order valence-electron chi connectivity index (χ1n) is 0.921. The Kier molecular flexibility index (Phi) is 16.6. The fraction of sp³-hybridized carbons (Fsp3) is 0. The molecule has 0 aliphatic heterocycles. The van der Waals surface area contributed by atoms with Gasteiger partial charge in [0.15, 0.2) is 0 Å². The number of nitriles is 1. The summed E-state index contributed by atoms with van der Waals surface area (Å²) in [6.07, 6.45) is 1.18. The topological polar surface area (TPSA) is 23.8 Å². The summed E-state index contributed by atoms with van der Waals surface area (Å²) in [5, 5.41) is 7.51. The molecule has 0 rings (SSSR count). The number of allylic oxidation sites excluding steroid dienone is 1. The van der Waals surface area contributed by atoms with Gasteiger partial charge in [-0.25, -0.2) is 0 Å². The van der Waals surface area contributed by atoms with Gasteiger partial charge in [-0.15, -0.1) is 0 Å². The smallest absolute Gasteiger partial charge is 0.0905 e. The van der Waals surface area contributed by atoms with E-state index in [0.29, 0.717) is 0 Å². The minimum atomic E-state index is 0. The van der Waals surface area contributed by atoms with Crippen LogP contribution in [0.1, 0.15) is 0 Å². The third-order valence-electron chi connectivity index (χ3n) is 0.0913. The zero-order chi connectivity index (χ0) is 3.41. The van der Waals surface area contributed by atoms with Crippen molar-refractivity contribution in [2.24, 2.45) is 0 Å². The van der Waals surface area contributed by atoms with Gasteiger partial charge in [0.2, 0.25) is 0 Å². The highest BCUT2D eigenvalue weighted by atomic mass is 31.0. The van der Waals surface area contributed by atoms with Crippen molar-refractivity contribution in [2.75, 3.05) is 0 Å². The molecule has 0 aliphatic carbocycles. The Hall–Kier alpha value is -0.340. The number of hydrogen-bond donors (Lipinski definition) is 0. The van der Waals surface area contributed by atoms with Gasteiger partial charge < -0.3 is 0 Å². The van der Waals surface area contributed by atoms with Crippen molar-refractivity contribution in [2.45, 2.75) is 0 Å². The van der Waals surface area contributed by atoms with Gasteiger partial charge in [-0.3, -0.25) is 0 Å². The first-order chi connectivity index (χ1) is 1.91. The van der Waals surface area contributed by atoms with Crippen LogP contribution >= 0.6 is 9.90 Å². The highest BCUT2D eigenvalue weighted by Crippen LogP contribution is 1.41.